The first-order chi connectivity index (χ1) is 8.45. The molecule has 0 atom stereocenters. The van der Waals surface area contributed by atoms with Gasteiger partial charge in [0.1, 0.15) is 13.1 Å². The van der Waals surface area contributed by atoms with Gasteiger partial charge in [-0.05, 0) is 38.0 Å². The summed E-state index contributed by atoms with van der Waals surface area (Å²) in [4.78, 5) is 2.43. The minimum Gasteiger partial charge on any atom is -1.00 e. The minimum absolute atomic E-state index is 0. The average molecular weight is 287 g/mol. The molecular weight excluding hydrogens is 260 g/mol. The van der Waals surface area contributed by atoms with Gasteiger partial charge in [0.25, 0.3) is 0 Å². The molecule has 2 fully saturated rings. The van der Waals surface area contributed by atoms with Crippen molar-refractivity contribution in [2.24, 2.45) is 0 Å². The lowest BCUT2D eigenvalue weighted by Gasteiger charge is -2.24. The van der Waals surface area contributed by atoms with E-state index in [2.05, 4.69) is 40.1 Å². The predicted molar refractivity (Wildman–Crippen MR) is 77.2 cm³/mol. The Morgan fingerprint density at radius 1 is 0.737 bits per heavy atom. The van der Waals surface area contributed by atoms with E-state index < -0.39 is 0 Å². The number of hydrogen-bond donors (Lipinski definition) is 0. The molecule has 0 bridgehead atoms. The first-order valence-electron chi connectivity index (χ1n) is 7.11. The summed E-state index contributed by atoms with van der Waals surface area (Å²) < 4.78 is 2.43. The SMILES string of the molecule is C(/C=C/C=C/N1CCCCC1)=[N+]1CCCCC1.O.[Cl-]. The largest absolute Gasteiger partial charge is 1.00 e. The van der Waals surface area contributed by atoms with Crippen LogP contribution in [-0.2, 0) is 0 Å². The molecule has 0 aliphatic carbocycles. The molecule has 2 rings (SSSR count). The summed E-state index contributed by atoms with van der Waals surface area (Å²) in [6, 6.07) is 0. The molecule has 2 heterocycles. The molecule has 0 aromatic heterocycles. The van der Waals surface area contributed by atoms with Gasteiger partial charge in [-0.15, -0.1) is 0 Å². The van der Waals surface area contributed by atoms with Gasteiger partial charge in [-0.1, -0.05) is 6.08 Å². The summed E-state index contributed by atoms with van der Waals surface area (Å²) in [5, 5.41) is 0. The number of likely N-dealkylation sites (tertiary alicyclic amines) is 1. The lowest BCUT2D eigenvalue weighted by molar-refractivity contribution is -0.532. The lowest BCUT2D eigenvalue weighted by atomic mass is 10.1. The fourth-order valence-electron chi connectivity index (χ4n) is 2.54. The van der Waals surface area contributed by atoms with Gasteiger partial charge in [0.15, 0.2) is 6.21 Å². The highest BCUT2D eigenvalue weighted by atomic mass is 35.5. The predicted octanol–water partition coefficient (Wildman–Crippen LogP) is -1.01. The Hall–Kier alpha value is -0.800. The Labute approximate surface area is 123 Å². The molecule has 110 valence electrons. The first kappa shape index (κ1) is 18.2. The highest BCUT2D eigenvalue weighted by Crippen LogP contribution is 2.08. The third kappa shape index (κ3) is 7.38. The first-order valence-corrected chi connectivity index (χ1v) is 7.11. The van der Waals surface area contributed by atoms with Crippen LogP contribution in [0.25, 0.3) is 0 Å². The second-order valence-electron chi connectivity index (χ2n) is 5.07. The highest BCUT2D eigenvalue weighted by molar-refractivity contribution is 5.66. The van der Waals surface area contributed by atoms with Crippen molar-refractivity contribution in [2.45, 2.75) is 38.5 Å². The summed E-state index contributed by atoms with van der Waals surface area (Å²) >= 11 is 0. The highest BCUT2D eigenvalue weighted by Gasteiger charge is 2.08. The van der Waals surface area contributed by atoms with Crippen LogP contribution in [0.3, 0.4) is 0 Å². The maximum atomic E-state index is 2.43. The van der Waals surface area contributed by atoms with E-state index in [1.165, 1.54) is 64.7 Å². The summed E-state index contributed by atoms with van der Waals surface area (Å²) in [5.74, 6) is 0. The van der Waals surface area contributed by atoms with Crippen LogP contribution in [0, 0.1) is 0 Å². The molecule has 19 heavy (non-hydrogen) atoms. The monoisotopic (exact) mass is 286 g/mol. The van der Waals surface area contributed by atoms with Crippen molar-refractivity contribution in [3.05, 3.63) is 24.4 Å². The quantitative estimate of drug-likeness (QED) is 0.484. The summed E-state index contributed by atoms with van der Waals surface area (Å²) in [7, 11) is 0. The smallest absolute Gasteiger partial charge is 0.163 e. The fraction of sp³-hybridized carbons (Fsp3) is 0.667. The van der Waals surface area contributed by atoms with Gasteiger partial charge in [-0.25, -0.2) is 4.58 Å². The molecule has 0 saturated carbocycles. The van der Waals surface area contributed by atoms with Gasteiger partial charge in [0, 0.05) is 32.0 Å². The van der Waals surface area contributed by atoms with Gasteiger partial charge < -0.3 is 22.8 Å². The van der Waals surface area contributed by atoms with Crippen molar-refractivity contribution in [3.8, 4) is 0 Å². The molecule has 0 spiro atoms. The summed E-state index contributed by atoms with van der Waals surface area (Å²) in [6.07, 6.45) is 19.2. The van der Waals surface area contributed by atoms with E-state index in [4.69, 9.17) is 0 Å². The van der Waals surface area contributed by atoms with Crippen molar-refractivity contribution >= 4 is 6.21 Å². The third-order valence-corrected chi connectivity index (χ3v) is 3.60. The molecular formula is C15H27ClN2O. The number of nitrogens with zero attached hydrogens (tertiary/aromatic N) is 2. The fourth-order valence-corrected chi connectivity index (χ4v) is 2.54. The van der Waals surface area contributed by atoms with E-state index in [0.717, 1.165) is 0 Å². The van der Waals surface area contributed by atoms with Crippen molar-refractivity contribution in [1.82, 2.24) is 4.90 Å². The number of piperidine rings is 2. The Morgan fingerprint density at radius 2 is 1.37 bits per heavy atom. The summed E-state index contributed by atoms with van der Waals surface area (Å²) in [5.41, 5.74) is 0. The van der Waals surface area contributed by atoms with Gasteiger partial charge >= 0.3 is 0 Å². The standard InChI is InChI=1S/C15H25N2.ClH.H2O/c1-4-10-16(11-5-1)14-8-3-9-15-17-12-6-2-7-13-17;;/h3,8-9,14-15H,1-2,4-7,10-13H2;1H;1H2/q+1;;/p-1. The van der Waals surface area contributed by atoms with Gasteiger partial charge in [0.2, 0.25) is 0 Å². The van der Waals surface area contributed by atoms with Crippen LogP contribution >= 0.6 is 0 Å². The van der Waals surface area contributed by atoms with E-state index in [1.54, 1.807) is 0 Å². The Balaban J connectivity index is 0.00000162. The van der Waals surface area contributed by atoms with Crippen LogP contribution in [0.5, 0.6) is 0 Å². The van der Waals surface area contributed by atoms with Gasteiger partial charge in [-0.2, -0.15) is 0 Å². The minimum atomic E-state index is 0. The van der Waals surface area contributed by atoms with Crippen molar-refractivity contribution < 1.29 is 22.5 Å². The van der Waals surface area contributed by atoms with E-state index in [1.807, 2.05) is 0 Å². The maximum Gasteiger partial charge on any atom is 0.163 e. The molecule has 0 amide bonds. The van der Waals surface area contributed by atoms with Crippen molar-refractivity contribution in [1.29, 1.82) is 0 Å². The third-order valence-electron chi connectivity index (χ3n) is 3.60. The Bertz CT molecular complexity index is 299. The molecule has 2 N–H and O–H groups in total. The van der Waals surface area contributed by atoms with Crippen LogP contribution in [-0.4, -0.2) is 47.3 Å². The molecule has 2 aliphatic heterocycles. The maximum absolute atomic E-state index is 2.43. The number of halogens is 1. The van der Waals surface area contributed by atoms with Gasteiger partial charge in [-0.3, -0.25) is 0 Å². The molecule has 2 aliphatic rings. The van der Waals surface area contributed by atoms with Crippen LogP contribution in [0.4, 0.5) is 0 Å². The van der Waals surface area contributed by atoms with E-state index in [9.17, 15) is 0 Å². The van der Waals surface area contributed by atoms with Crippen molar-refractivity contribution in [3.63, 3.8) is 0 Å². The molecule has 0 aromatic carbocycles. The normalized spacial score (nSPS) is 20.2. The second kappa shape index (κ2) is 11.1. The van der Waals surface area contributed by atoms with E-state index >= 15 is 0 Å². The topological polar surface area (TPSA) is 37.8 Å². The van der Waals surface area contributed by atoms with Crippen LogP contribution in [0.1, 0.15) is 38.5 Å². The zero-order chi connectivity index (χ0) is 11.8. The molecule has 0 unspecified atom stereocenters. The number of hydrogen-bond acceptors (Lipinski definition) is 1. The summed E-state index contributed by atoms with van der Waals surface area (Å²) in [6.45, 7) is 4.95. The number of rotatable bonds is 3. The van der Waals surface area contributed by atoms with Crippen LogP contribution < -0.4 is 12.4 Å². The second-order valence-corrected chi connectivity index (χ2v) is 5.07. The molecule has 4 heteroatoms. The van der Waals surface area contributed by atoms with Gasteiger partial charge in [0.05, 0.1) is 0 Å². The van der Waals surface area contributed by atoms with E-state index in [-0.39, 0.29) is 17.9 Å². The zero-order valence-corrected chi connectivity index (χ0v) is 12.5. The van der Waals surface area contributed by atoms with Crippen molar-refractivity contribution in [2.75, 3.05) is 26.2 Å². The van der Waals surface area contributed by atoms with E-state index in [0.29, 0.717) is 0 Å². The number of allylic oxidation sites excluding steroid dienone is 3. The molecule has 3 nitrogen and oxygen atoms in total. The molecule has 0 aromatic rings. The molecule has 2 saturated heterocycles. The average Bonchev–Trinajstić information content (AvgIpc) is 2.41. The Kier molecular flexibility index (Phi) is 10.6. The lowest BCUT2D eigenvalue weighted by Crippen LogP contribution is -3.00. The Morgan fingerprint density at radius 3 is 2.05 bits per heavy atom. The molecule has 0 radical (unpaired) electrons. The van der Waals surface area contributed by atoms with Crippen LogP contribution in [0.2, 0.25) is 0 Å². The zero-order valence-electron chi connectivity index (χ0n) is 11.7. The van der Waals surface area contributed by atoms with Crippen LogP contribution in [0.15, 0.2) is 24.4 Å².